The van der Waals surface area contributed by atoms with E-state index < -0.39 is 0 Å². The Morgan fingerprint density at radius 1 is 1.41 bits per heavy atom. The number of rotatable bonds is 8. The molecule has 0 aliphatic heterocycles. The van der Waals surface area contributed by atoms with Crippen molar-refractivity contribution in [3.05, 3.63) is 0 Å². The standard InChI is InChI=1S/C14H27N3/c1-12(2)7-9-17(13-5-6-13)10-8-14(3,11-15)16-4/h12-13,16H,5-10H2,1-4H3. The van der Waals surface area contributed by atoms with Gasteiger partial charge in [-0.2, -0.15) is 5.26 Å². The first-order valence-electron chi connectivity index (χ1n) is 6.85. The average molecular weight is 237 g/mol. The van der Waals surface area contributed by atoms with Crippen LogP contribution >= 0.6 is 0 Å². The van der Waals surface area contributed by atoms with Gasteiger partial charge in [0.2, 0.25) is 0 Å². The molecule has 0 aromatic rings. The lowest BCUT2D eigenvalue weighted by molar-refractivity contribution is 0.226. The Balaban J connectivity index is 2.37. The van der Waals surface area contributed by atoms with Crippen molar-refractivity contribution in [1.82, 2.24) is 10.2 Å². The van der Waals surface area contributed by atoms with Gasteiger partial charge in [-0.05, 0) is 52.1 Å². The molecule has 1 atom stereocenters. The monoisotopic (exact) mass is 237 g/mol. The summed E-state index contributed by atoms with van der Waals surface area (Å²) >= 11 is 0. The van der Waals surface area contributed by atoms with Crippen molar-refractivity contribution in [3.8, 4) is 6.07 Å². The van der Waals surface area contributed by atoms with E-state index in [1.165, 1.54) is 25.8 Å². The van der Waals surface area contributed by atoms with Crippen LogP contribution in [0.5, 0.6) is 0 Å². The molecular formula is C14H27N3. The molecule has 0 radical (unpaired) electrons. The second-order valence-electron chi connectivity index (χ2n) is 5.89. The second kappa shape index (κ2) is 6.37. The van der Waals surface area contributed by atoms with Crippen molar-refractivity contribution in [2.45, 2.75) is 58.0 Å². The minimum Gasteiger partial charge on any atom is -0.303 e. The van der Waals surface area contributed by atoms with Gasteiger partial charge < -0.3 is 10.2 Å². The topological polar surface area (TPSA) is 39.1 Å². The van der Waals surface area contributed by atoms with Gasteiger partial charge in [-0.3, -0.25) is 0 Å². The van der Waals surface area contributed by atoms with Gasteiger partial charge in [0.1, 0.15) is 5.54 Å². The summed E-state index contributed by atoms with van der Waals surface area (Å²) in [6.45, 7) is 8.77. The Kier molecular flexibility index (Phi) is 5.42. The first-order valence-corrected chi connectivity index (χ1v) is 6.85. The molecule has 98 valence electrons. The highest BCUT2D eigenvalue weighted by atomic mass is 15.2. The van der Waals surface area contributed by atoms with Gasteiger partial charge in [-0.15, -0.1) is 0 Å². The zero-order chi connectivity index (χ0) is 12.9. The van der Waals surface area contributed by atoms with Crippen LogP contribution in [0.1, 0.15) is 46.5 Å². The molecule has 0 bridgehead atoms. The molecule has 0 amide bonds. The summed E-state index contributed by atoms with van der Waals surface area (Å²) in [4.78, 5) is 2.58. The van der Waals surface area contributed by atoms with E-state index >= 15 is 0 Å². The highest BCUT2D eigenvalue weighted by molar-refractivity contribution is 5.03. The van der Waals surface area contributed by atoms with Crippen LogP contribution in [-0.4, -0.2) is 36.6 Å². The highest BCUT2D eigenvalue weighted by Crippen LogP contribution is 2.28. The Morgan fingerprint density at radius 2 is 2.06 bits per heavy atom. The van der Waals surface area contributed by atoms with E-state index in [2.05, 4.69) is 30.1 Å². The van der Waals surface area contributed by atoms with E-state index in [4.69, 9.17) is 5.26 Å². The summed E-state index contributed by atoms with van der Waals surface area (Å²) in [6, 6.07) is 3.17. The second-order valence-corrected chi connectivity index (χ2v) is 5.89. The molecule has 0 saturated heterocycles. The summed E-state index contributed by atoms with van der Waals surface area (Å²) in [6.07, 6.45) is 4.87. The predicted octanol–water partition coefficient (Wildman–Crippen LogP) is 2.39. The normalized spacial score (nSPS) is 19.4. The molecule has 17 heavy (non-hydrogen) atoms. The van der Waals surface area contributed by atoms with Gasteiger partial charge in [-0.1, -0.05) is 13.8 Å². The zero-order valence-corrected chi connectivity index (χ0v) is 11.8. The summed E-state index contributed by atoms with van der Waals surface area (Å²) in [5, 5.41) is 12.3. The van der Waals surface area contributed by atoms with E-state index in [1.807, 2.05) is 14.0 Å². The van der Waals surface area contributed by atoms with Gasteiger partial charge in [-0.25, -0.2) is 0 Å². The molecule has 0 spiro atoms. The fraction of sp³-hybridized carbons (Fsp3) is 0.929. The van der Waals surface area contributed by atoms with Crippen LogP contribution in [0.4, 0.5) is 0 Å². The molecule has 1 aliphatic carbocycles. The van der Waals surface area contributed by atoms with Crippen LogP contribution in [0.25, 0.3) is 0 Å². The van der Waals surface area contributed by atoms with Gasteiger partial charge in [0, 0.05) is 12.6 Å². The Bertz CT molecular complexity index is 265. The molecule has 0 aromatic carbocycles. The van der Waals surface area contributed by atoms with Crippen molar-refractivity contribution in [2.75, 3.05) is 20.1 Å². The molecule has 1 aliphatic rings. The molecule has 0 aromatic heterocycles. The quantitative estimate of drug-likeness (QED) is 0.704. The van der Waals surface area contributed by atoms with Crippen LogP contribution < -0.4 is 5.32 Å². The molecule has 1 rings (SSSR count). The summed E-state index contributed by atoms with van der Waals surface area (Å²) in [7, 11) is 1.87. The van der Waals surface area contributed by atoms with E-state index in [1.54, 1.807) is 0 Å². The first kappa shape index (κ1) is 14.5. The van der Waals surface area contributed by atoms with Crippen molar-refractivity contribution >= 4 is 0 Å². The van der Waals surface area contributed by atoms with Gasteiger partial charge in [0.05, 0.1) is 6.07 Å². The number of nitriles is 1. The predicted molar refractivity (Wildman–Crippen MR) is 71.7 cm³/mol. The summed E-state index contributed by atoms with van der Waals surface area (Å²) in [5.41, 5.74) is -0.370. The Hall–Kier alpha value is -0.590. The van der Waals surface area contributed by atoms with E-state index in [0.29, 0.717) is 0 Å². The van der Waals surface area contributed by atoms with Crippen molar-refractivity contribution in [1.29, 1.82) is 5.26 Å². The zero-order valence-electron chi connectivity index (χ0n) is 11.8. The Labute approximate surface area is 106 Å². The maximum atomic E-state index is 9.14. The summed E-state index contributed by atoms with van der Waals surface area (Å²) < 4.78 is 0. The van der Waals surface area contributed by atoms with Crippen LogP contribution in [0, 0.1) is 17.2 Å². The molecule has 1 N–H and O–H groups in total. The van der Waals surface area contributed by atoms with E-state index in [9.17, 15) is 0 Å². The number of nitrogens with zero attached hydrogens (tertiary/aromatic N) is 2. The largest absolute Gasteiger partial charge is 0.303 e. The van der Waals surface area contributed by atoms with E-state index in [-0.39, 0.29) is 5.54 Å². The molecule has 3 heteroatoms. The number of hydrogen-bond acceptors (Lipinski definition) is 3. The van der Waals surface area contributed by atoms with Crippen LogP contribution in [0.2, 0.25) is 0 Å². The molecule has 0 heterocycles. The lowest BCUT2D eigenvalue weighted by Crippen LogP contribution is -2.42. The maximum absolute atomic E-state index is 9.14. The summed E-state index contributed by atoms with van der Waals surface area (Å²) in [5.74, 6) is 0.767. The third-order valence-electron chi connectivity index (χ3n) is 3.75. The lowest BCUT2D eigenvalue weighted by Gasteiger charge is -2.27. The highest BCUT2D eigenvalue weighted by Gasteiger charge is 2.30. The van der Waals surface area contributed by atoms with Gasteiger partial charge in [0.15, 0.2) is 0 Å². The molecule has 1 unspecified atom stereocenters. The minimum atomic E-state index is -0.370. The number of nitrogens with one attached hydrogen (secondary N) is 1. The maximum Gasteiger partial charge on any atom is 0.104 e. The van der Waals surface area contributed by atoms with E-state index in [0.717, 1.165) is 24.9 Å². The average Bonchev–Trinajstić information content (AvgIpc) is 3.12. The van der Waals surface area contributed by atoms with Crippen molar-refractivity contribution < 1.29 is 0 Å². The molecular weight excluding hydrogens is 210 g/mol. The fourth-order valence-electron chi connectivity index (χ4n) is 1.94. The SMILES string of the molecule is CNC(C)(C#N)CCN(CCC(C)C)C1CC1. The van der Waals surface area contributed by atoms with Gasteiger partial charge >= 0.3 is 0 Å². The first-order chi connectivity index (χ1) is 8.00. The van der Waals surface area contributed by atoms with Crippen molar-refractivity contribution in [2.24, 2.45) is 5.92 Å². The van der Waals surface area contributed by atoms with Crippen LogP contribution in [0.3, 0.4) is 0 Å². The third kappa shape index (κ3) is 5.06. The minimum absolute atomic E-state index is 0.370. The Morgan fingerprint density at radius 3 is 2.47 bits per heavy atom. The molecule has 3 nitrogen and oxygen atoms in total. The van der Waals surface area contributed by atoms with Crippen LogP contribution in [-0.2, 0) is 0 Å². The third-order valence-corrected chi connectivity index (χ3v) is 3.75. The number of hydrogen-bond donors (Lipinski definition) is 1. The van der Waals surface area contributed by atoms with Gasteiger partial charge in [0.25, 0.3) is 0 Å². The lowest BCUT2D eigenvalue weighted by atomic mass is 9.99. The molecule has 1 fully saturated rings. The van der Waals surface area contributed by atoms with Crippen LogP contribution in [0.15, 0.2) is 0 Å². The fourth-order valence-corrected chi connectivity index (χ4v) is 1.94. The molecule has 1 saturated carbocycles. The van der Waals surface area contributed by atoms with Crippen molar-refractivity contribution in [3.63, 3.8) is 0 Å². The smallest absolute Gasteiger partial charge is 0.104 e.